The second-order valence-electron chi connectivity index (χ2n) is 3.28. The highest BCUT2D eigenvalue weighted by molar-refractivity contribution is 5.03. The molecule has 12 heavy (non-hydrogen) atoms. The minimum absolute atomic E-state index is 0.663. The van der Waals surface area contributed by atoms with E-state index in [0.717, 1.165) is 12.8 Å². The molecule has 0 aromatic rings. The van der Waals surface area contributed by atoms with E-state index in [9.17, 15) is 0 Å². The van der Waals surface area contributed by atoms with E-state index in [1.807, 2.05) is 6.08 Å². The van der Waals surface area contributed by atoms with Crippen molar-refractivity contribution in [3.8, 4) is 0 Å². The smallest absolute Gasteiger partial charge is 0.0169 e. The predicted octanol–water partition coefficient (Wildman–Crippen LogP) is 4.11. The van der Waals surface area contributed by atoms with E-state index < -0.39 is 0 Å². The lowest BCUT2D eigenvalue weighted by atomic mass is 10.0. The molecule has 0 aliphatic rings. The molecule has 0 aromatic carbocycles. The molecular formula is C12H20. The molecule has 0 N–H and O–H groups in total. The number of rotatable bonds is 5. The molecule has 1 atom stereocenters. The first-order valence-electron chi connectivity index (χ1n) is 4.60. The van der Waals surface area contributed by atoms with E-state index in [1.165, 1.54) is 5.57 Å². The van der Waals surface area contributed by atoms with Crippen molar-refractivity contribution < 1.29 is 0 Å². The quantitative estimate of drug-likeness (QED) is 0.536. The van der Waals surface area contributed by atoms with Crippen molar-refractivity contribution in [3.63, 3.8) is 0 Å². The van der Waals surface area contributed by atoms with Crippen LogP contribution in [-0.4, -0.2) is 0 Å². The Morgan fingerprint density at radius 2 is 2.17 bits per heavy atom. The molecule has 1 unspecified atom stereocenters. The summed E-state index contributed by atoms with van der Waals surface area (Å²) in [6, 6.07) is 0. The van der Waals surface area contributed by atoms with E-state index in [1.54, 1.807) is 0 Å². The summed E-state index contributed by atoms with van der Waals surface area (Å²) in [5.74, 6) is 0.663. The standard InChI is InChI=1S/C12H20/c1-5-7-9-12(4)10-11(3)8-6-2/h5-6,8-9,11H,1,7,10H2,2-4H3/b8-6+,12-9+. The van der Waals surface area contributed by atoms with Crippen LogP contribution < -0.4 is 0 Å². The number of hydrogen-bond acceptors (Lipinski definition) is 0. The predicted molar refractivity (Wildman–Crippen MR) is 57.2 cm³/mol. The van der Waals surface area contributed by atoms with Crippen LogP contribution >= 0.6 is 0 Å². The Labute approximate surface area is 76.7 Å². The molecule has 0 spiro atoms. The zero-order valence-corrected chi connectivity index (χ0v) is 8.51. The Morgan fingerprint density at radius 3 is 2.67 bits per heavy atom. The van der Waals surface area contributed by atoms with Gasteiger partial charge in [0, 0.05) is 0 Å². The summed E-state index contributed by atoms with van der Waals surface area (Å²) in [6.45, 7) is 10.2. The lowest BCUT2D eigenvalue weighted by Gasteiger charge is -2.05. The Kier molecular flexibility index (Phi) is 6.45. The van der Waals surface area contributed by atoms with Crippen LogP contribution in [0.4, 0.5) is 0 Å². The first-order valence-corrected chi connectivity index (χ1v) is 4.60. The zero-order chi connectivity index (χ0) is 9.40. The molecule has 0 rings (SSSR count). The maximum absolute atomic E-state index is 3.69. The van der Waals surface area contributed by atoms with E-state index in [-0.39, 0.29) is 0 Å². The van der Waals surface area contributed by atoms with Gasteiger partial charge in [-0.3, -0.25) is 0 Å². The van der Waals surface area contributed by atoms with Crippen molar-refractivity contribution in [1.29, 1.82) is 0 Å². The van der Waals surface area contributed by atoms with Crippen molar-refractivity contribution in [2.75, 3.05) is 0 Å². The van der Waals surface area contributed by atoms with Gasteiger partial charge < -0.3 is 0 Å². The van der Waals surface area contributed by atoms with Crippen molar-refractivity contribution in [2.45, 2.75) is 33.6 Å². The molecule has 0 fully saturated rings. The summed E-state index contributed by atoms with van der Waals surface area (Å²) in [5.41, 5.74) is 1.46. The lowest BCUT2D eigenvalue weighted by Crippen LogP contribution is -1.90. The Bertz CT molecular complexity index is 172. The van der Waals surface area contributed by atoms with Gasteiger partial charge in [0.15, 0.2) is 0 Å². The molecule has 0 saturated carbocycles. The van der Waals surface area contributed by atoms with Gasteiger partial charge in [0.2, 0.25) is 0 Å². The third kappa shape index (κ3) is 5.96. The Balaban J connectivity index is 3.81. The van der Waals surface area contributed by atoms with E-state index in [0.29, 0.717) is 5.92 Å². The first kappa shape index (κ1) is 11.2. The van der Waals surface area contributed by atoms with Crippen LogP contribution in [0.25, 0.3) is 0 Å². The van der Waals surface area contributed by atoms with Crippen LogP contribution in [0.3, 0.4) is 0 Å². The number of allylic oxidation sites excluding steroid dienone is 5. The SMILES string of the molecule is C=CC/C=C(\C)CC(C)/C=C/C. The molecule has 0 heterocycles. The molecule has 0 heteroatoms. The zero-order valence-electron chi connectivity index (χ0n) is 8.51. The van der Waals surface area contributed by atoms with Crippen molar-refractivity contribution >= 4 is 0 Å². The topological polar surface area (TPSA) is 0 Å². The second kappa shape index (κ2) is 6.90. The van der Waals surface area contributed by atoms with Gasteiger partial charge in [0.05, 0.1) is 0 Å². The van der Waals surface area contributed by atoms with Crippen molar-refractivity contribution in [3.05, 3.63) is 36.5 Å². The van der Waals surface area contributed by atoms with Crippen LogP contribution in [0.2, 0.25) is 0 Å². The molecule has 68 valence electrons. The summed E-state index contributed by atoms with van der Waals surface area (Å²) < 4.78 is 0. The van der Waals surface area contributed by atoms with Crippen LogP contribution in [-0.2, 0) is 0 Å². The molecule has 0 aromatic heterocycles. The van der Waals surface area contributed by atoms with Gasteiger partial charge in [-0.1, -0.05) is 36.8 Å². The van der Waals surface area contributed by atoms with E-state index in [2.05, 4.69) is 45.6 Å². The summed E-state index contributed by atoms with van der Waals surface area (Å²) >= 11 is 0. The molecule has 0 radical (unpaired) electrons. The van der Waals surface area contributed by atoms with Crippen molar-refractivity contribution in [2.24, 2.45) is 5.92 Å². The molecule has 0 amide bonds. The summed E-state index contributed by atoms with van der Waals surface area (Å²) in [6.07, 6.45) is 10.7. The third-order valence-electron chi connectivity index (χ3n) is 1.80. The highest BCUT2D eigenvalue weighted by Crippen LogP contribution is 2.12. The maximum atomic E-state index is 3.69. The fourth-order valence-corrected chi connectivity index (χ4v) is 1.27. The molecular weight excluding hydrogens is 144 g/mol. The normalized spacial score (nSPS) is 15.1. The fourth-order valence-electron chi connectivity index (χ4n) is 1.27. The molecule has 0 saturated heterocycles. The van der Waals surface area contributed by atoms with Gasteiger partial charge in [-0.25, -0.2) is 0 Å². The Hall–Kier alpha value is -0.780. The van der Waals surface area contributed by atoms with Gasteiger partial charge in [-0.05, 0) is 32.6 Å². The Morgan fingerprint density at radius 1 is 1.50 bits per heavy atom. The average molecular weight is 164 g/mol. The summed E-state index contributed by atoms with van der Waals surface area (Å²) in [4.78, 5) is 0. The van der Waals surface area contributed by atoms with Crippen LogP contribution in [0.15, 0.2) is 36.5 Å². The van der Waals surface area contributed by atoms with E-state index in [4.69, 9.17) is 0 Å². The van der Waals surface area contributed by atoms with Gasteiger partial charge in [-0.15, -0.1) is 6.58 Å². The fraction of sp³-hybridized carbons (Fsp3) is 0.500. The minimum atomic E-state index is 0.663. The van der Waals surface area contributed by atoms with Gasteiger partial charge >= 0.3 is 0 Å². The monoisotopic (exact) mass is 164 g/mol. The highest BCUT2D eigenvalue weighted by Gasteiger charge is 1.96. The van der Waals surface area contributed by atoms with Gasteiger partial charge in [-0.2, -0.15) is 0 Å². The van der Waals surface area contributed by atoms with Crippen molar-refractivity contribution in [1.82, 2.24) is 0 Å². The molecule has 0 nitrogen and oxygen atoms in total. The maximum Gasteiger partial charge on any atom is -0.0169 e. The minimum Gasteiger partial charge on any atom is -0.103 e. The van der Waals surface area contributed by atoms with Crippen LogP contribution in [0, 0.1) is 5.92 Å². The van der Waals surface area contributed by atoms with Crippen LogP contribution in [0.1, 0.15) is 33.6 Å². The molecule has 0 aliphatic heterocycles. The second-order valence-corrected chi connectivity index (χ2v) is 3.28. The third-order valence-corrected chi connectivity index (χ3v) is 1.80. The average Bonchev–Trinajstić information content (AvgIpc) is 2.01. The molecule has 0 bridgehead atoms. The summed E-state index contributed by atoms with van der Waals surface area (Å²) in [7, 11) is 0. The largest absolute Gasteiger partial charge is 0.103 e. The summed E-state index contributed by atoms with van der Waals surface area (Å²) in [5, 5.41) is 0. The first-order chi connectivity index (χ1) is 5.70. The van der Waals surface area contributed by atoms with E-state index >= 15 is 0 Å². The molecule has 0 aliphatic carbocycles. The van der Waals surface area contributed by atoms with Gasteiger partial charge in [0.25, 0.3) is 0 Å². The highest BCUT2D eigenvalue weighted by atomic mass is 14.0. The van der Waals surface area contributed by atoms with Gasteiger partial charge in [0.1, 0.15) is 0 Å². The lowest BCUT2D eigenvalue weighted by molar-refractivity contribution is 0.713. The number of hydrogen-bond donors (Lipinski definition) is 0. The van der Waals surface area contributed by atoms with Crippen LogP contribution in [0.5, 0.6) is 0 Å².